The summed E-state index contributed by atoms with van der Waals surface area (Å²) in [6, 6.07) is 5.60. The Bertz CT molecular complexity index is 618. The Balaban J connectivity index is 1.84. The van der Waals surface area contributed by atoms with E-state index in [9.17, 15) is 4.79 Å². The number of fused-ring (bicyclic) bond motifs is 1. The molecule has 5 heteroatoms. The lowest BCUT2D eigenvalue weighted by Gasteiger charge is -2.08. The molecule has 0 atom stereocenters. The molecule has 0 spiro atoms. The van der Waals surface area contributed by atoms with Crippen molar-refractivity contribution in [3.05, 3.63) is 30.0 Å². The average molecular weight is 305 g/mol. The van der Waals surface area contributed by atoms with E-state index in [1.807, 2.05) is 32.0 Å². The van der Waals surface area contributed by atoms with Crippen molar-refractivity contribution >= 4 is 16.9 Å². The molecule has 0 fully saturated rings. The lowest BCUT2D eigenvalue weighted by molar-refractivity contribution is -0.120. The Hall–Kier alpha value is -2.01. The number of amides is 1. The number of carbonyl (C=O) groups excluding carboxylic acids is 1. The van der Waals surface area contributed by atoms with Gasteiger partial charge < -0.3 is 19.2 Å². The predicted molar refractivity (Wildman–Crippen MR) is 85.2 cm³/mol. The van der Waals surface area contributed by atoms with Crippen molar-refractivity contribution in [3.63, 3.8) is 0 Å². The summed E-state index contributed by atoms with van der Waals surface area (Å²) in [5, 5.41) is 3.84. The van der Waals surface area contributed by atoms with Gasteiger partial charge in [-0.25, -0.2) is 0 Å². The van der Waals surface area contributed by atoms with Gasteiger partial charge in [-0.05, 0) is 32.4 Å². The first kappa shape index (κ1) is 16.4. The molecule has 0 aliphatic carbocycles. The topological polar surface area (TPSA) is 60.7 Å². The number of ether oxygens (including phenoxy) is 2. The third-order valence-electron chi connectivity index (χ3n) is 3.31. The highest BCUT2D eigenvalue weighted by atomic mass is 16.5. The lowest BCUT2D eigenvalue weighted by Crippen LogP contribution is -2.27. The molecular formula is C17H23NO4. The Labute approximate surface area is 130 Å². The average Bonchev–Trinajstić information content (AvgIpc) is 2.88. The number of methoxy groups -OCH3 is 1. The smallest absolute Gasteiger partial charge is 0.224 e. The molecule has 2 rings (SSSR count). The minimum absolute atomic E-state index is 0.0111. The second kappa shape index (κ2) is 7.84. The molecule has 0 aliphatic heterocycles. The number of carbonyl (C=O) groups is 1. The predicted octanol–water partition coefficient (Wildman–Crippen LogP) is 2.92. The minimum Gasteiger partial charge on any atom is -0.497 e. The van der Waals surface area contributed by atoms with Gasteiger partial charge in [0, 0.05) is 30.2 Å². The summed E-state index contributed by atoms with van der Waals surface area (Å²) >= 11 is 0. The van der Waals surface area contributed by atoms with Gasteiger partial charge in [0.15, 0.2) is 0 Å². The van der Waals surface area contributed by atoms with E-state index in [0.717, 1.165) is 28.7 Å². The number of rotatable bonds is 8. The highest BCUT2D eigenvalue weighted by molar-refractivity contribution is 5.88. The molecule has 1 aromatic carbocycles. The van der Waals surface area contributed by atoms with E-state index in [1.54, 1.807) is 13.4 Å². The lowest BCUT2D eigenvalue weighted by atomic mass is 10.1. The van der Waals surface area contributed by atoms with Crippen LogP contribution in [0.25, 0.3) is 11.0 Å². The molecule has 0 bridgehead atoms. The third-order valence-corrected chi connectivity index (χ3v) is 3.31. The van der Waals surface area contributed by atoms with Crippen LogP contribution in [0, 0.1) is 0 Å². The zero-order valence-corrected chi connectivity index (χ0v) is 13.3. The van der Waals surface area contributed by atoms with E-state index in [1.165, 1.54) is 0 Å². The maximum absolute atomic E-state index is 12.0. The van der Waals surface area contributed by atoms with Crippen LogP contribution in [0.4, 0.5) is 0 Å². The summed E-state index contributed by atoms with van der Waals surface area (Å²) < 4.78 is 16.1. The summed E-state index contributed by atoms with van der Waals surface area (Å²) in [7, 11) is 1.61. The fourth-order valence-electron chi connectivity index (χ4n) is 2.18. The fourth-order valence-corrected chi connectivity index (χ4v) is 2.18. The number of hydrogen-bond donors (Lipinski definition) is 1. The highest BCUT2D eigenvalue weighted by Crippen LogP contribution is 2.25. The molecule has 1 amide bonds. The van der Waals surface area contributed by atoms with Gasteiger partial charge in [-0.3, -0.25) is 4.79 Å². The number of furan rings is 1. The molecule has 1 N–H and O–H groups in total. The van der Waals surface area contributed by atoms with Crippen molar-refractivity contribution in [2.75, 3.05) is 20.3 Å². The van der Waals surface area contributed by atoms with E-state index in [4.69, 9.17) is 13.9 Å². The molecule has 0 saturated carbocycles. The van der Waals surface area contributed by atoms with Crippen LogP contribution in [0.3, 0.4) is 0 Å². The molecule has 5 nitrogen and oxygen atoms in total. The van der Waals surface area contributed by atoms with Gasteiger partial charge >= 0.3 is 0 Å². The molecule has 0 aliphatic rings. The summed E-state index contributed by atoms with van der Waals surface area (Å²) in [5.41, 5.74) is 1.61. The Morgan fingerprint density at radius 2 is 2.18 bits per heavy atom. The standard InChI is InChI=1S/C17H23NO4/c1-12(2)21-8-4-7-18-17(19)9-13-11-22-16-10-14(20-3)5-6-15(13)16/h5-6,10-12H,4,7-9H2,1-3H3,(H,18,19). The van der Waals surface area contributed by atoms with E-state index in [-0.39, 0.29) is 12.0 Å². The second-order valence-corrected chi connectivity index (χ2v) is 5.42. The molecule has 2 aromatic rings. The number of nitrogens with one attached hydrogen (secondary N) is 1. The zero-order valence-electron chi connectivity index (χ0n) is 13.3. The monoisotopic (exact) mass is 305 g/mol. The number of benzene rings is 1. The van der Waals surface area contributed by atoms with Crippen LogP contribution in [0.5, 0.6) is 5.75 Å². The summed E-state index contributed by atoms with van der Waals surface area (Å²) in [6.07, 6.45) is 2.98. The van der Waals surface area contributed by atoms with Gasteiger partial charge in [-0.1, -0.05) is 0 Å². The third kappa shape index (κ3) is 4.49. The van der Waals surface area contributed by atoms with Crippen LogP contribution in [0.2, 0.25) is 0 Å². The maximum atomic E-state index is 12.0. The van der Waals surface area contributed by atoms with Gasteiger partial charge in [-0.2, -0.15) is 0 Å². The quantitative estimate of drug-likeness (QED) is 0.762. The molecule has 0 unspecified atom stereocenters. The SMILES string of the molecule is COc1ccc2c(CC(=O)NCCCOC(C)C)coc2c1. The molecule has 1 heterocycles. The van der Waals surface area contributed by atoms with Crippen LogP contribution in [0.15, 0.2) is 28.9 Å². The summed E-state index contributed by atoms with van der Waals surface area (Å²) in [6.45, 7) is 5.27. The Morgan fingerprint density at radius 3 is 2.91 bits per heavy atom. The highest BCUT2D eigenvalue weighted by Gasteiger charge is 2.10. The fraction of sp³-hybridized carbons (Fsp3) is 0.471. The Morgan fingerprint density at radius 1 is 1.36 bits per heavy atom. The molecule has 1 aromatic heterocycles. The summed E-state index contributed by atoms with van der Waals surface area (Å²) in [4.78, 5) is 12.0. The van der Waals surface area contributed by atoms with Gasteiger partial charge in [0.25, 0.3) is 0 Å². The molecule has 0 radical (unpaired) electrons. The van der Waals surface area contributed by atoms with Crippen LogP contribution in [0.1, 0.15) is 25.8 Å². The summed E-state index contributed by atoms with van der Waals surface area (Å²) in [5.74, 6) is 0.728. The van der Waals surface area contributed by atoms with Gasteiger partial charge in [0.05, 0.1) is 25.9 Å². The largest absolute Gasteiger partial charge is 0.497 e. The second-order valence-electron chi connectivity index (χ2n) is 5.42. The van der Waals surface area contributed by atoms with E-state index < -0.39 is 0 Å². The van der Waals surface area contributed by atoms with E-state index >= 15 is 0 Å². The normalized spacial score (nSPS) is 11.1. The zero-order chi connectivity index (χ0) is 15.9. The van der Waals surface area contributed by atoms with Gasteiger partial charge in [-0.15, -0.1) is 0 Å². The van der Waals surface area contributed by atoms with Crippen molar-refractivity contribution < 1.29 is 18.7 Å². The van der Waals surface area contributed by atoms with Crippen LogP contribution in [-0.2, 0) is 16.0 Å². The van der Waals surface area contributed by atoms with E-state index in [0.29, 0.717) is 19.6 Å². The van der Waals surface area contributed by atoms with Crippen LogP contribution < -0.4 is 10.1 Å². The van der Waals surface area contributed by atoms with Crippen molar-refractivity contribution in [3.8, 4) is 5.75 Å². The molecular weight excluding hydrogens is 282 g/mol. The van der Waals surface area contributed by atoms with Crippen molar-refractivity contribution in [1.29, 1.82) is 0 Å². The molecule has 120 valence electrons. The maximum Gasteiger partial charge on any atom is 0.224 e. The first-order chi connectivity index (χ1) is 10.6. The number of hydrogen-bond acceptors (Lipinski definition) is 4. The van der Waals surface area contributed by atoms with E-state index in [2.05, 4.69) is 5.32 Å². The first-order valence-electron chi connectivity index (χ1n) is 7.52. The molecule has 0 saturated heterocycles. The van der Waals surface area contributed by atoms with Crippen LogP contribution in [-0.4, -0.2) is 32.3 Å². The minimum atomic E-state index is -0.0111. The Kier molecular flexibility index (Phi) is 5.83. The van der Waals surface area contributed by atoms with Crippen molar-refractivity contribution in [1.82, 2.24) is 5.32 Å². The van der Waals surface area contributed by atoms with Crippen molar-refractivity contribution in [2.24, 2.45) is 0 Å². The van der Waals surface area contributed by atoms with Gasteiger partial charge in [0.1, 0.15) is 11.3 Å². The van der Waals surface area contributed by atoms with Gasteiger partial charge in [0.2, 0.25) is 5.91 Å². The van der Waals surface area contributed by atoms with Crippen LogP contribution >= 0.6 is 0 Å². The molecule has 22 heavy (non-hydrogen) atoms. The van der Waals surface area contributed by atoms with Crippen molar-refractivity contribution in [2.45, 2.75) is 32.8 Å². The first-order valence-corrected chi connectivity index (χ1v) is 7.52.